The van der Waals surface area contributed by atoms with E-state index in [9.17, 15) is 9.59 Å². The van der Waals surface area contributed by atoms with Crippen LogP contribution in [0.2, 0.25) is 0 Å². The minimum atomic E-state index is -0.511. The summed E-state index contributed by atoms with van der Waals surface area (Å²) in [5.41, 5.74) is 2.39. The third-order valence-electron chi connectivity index (χ3n) is 2.31. The van der Waals surface area contributed by atoms with Gasteiger partial charge in [-0.1, -0.05) is 33.6 Å². The SMILES string of the molecule is O=C1C(=O)N(C/C=C/Cl)c2cc(Br)ccc21. The van der Waals surface area contributed by atoms with E-state index in [-0.39, 0.29) is 0 Å². The Morgan fingerprint density at radius 1 is 1.38 bits per heavy atom. The van der Waals surface area contributed by atoms with Crippen LogP contribution in [0.1, 0.15) is 10.4 Å². The van der Waals surface area contributed by atoms with E-state index in [1.54, 1.807) is 24.3 Å². The van der Waals surface area contributed by atoms with Crippen LogP contribution in [-0.2, 0) is 4.79 Å². The van der Waals surface area contributed by atoms with Crippen molar-refractivity contribution in [1.82, 2.24) is 0 Å². The average Bonchev–Trinajstić information content (AvgIpc) is 2.50. The van der Waals surface area contributed by atoms with Gasteiger partial charge in [0.25, 0.3) is 11.7 Å². The maximum Gasteiger partial charge on any atom is 0.299 e. The minimum Gasteiger partial charge on any atom is -0.301 e. The lowest BCUT2D eigenvalue weighted by atomic mass is 10.1. The molecule has 1 amide bonds. The normalized spacial score (nSPS) is 15.0. The van der Waals surface area contributed by atoms with Gasteiger partial charge in [-0.15, -0.1) is 0 Å². The second-order valence-electron chi connectivity index (χ2n) is 3.27. The van der Waals surface area contributed by atoms with Crippen LogP contribution in [0.5, 0.6) is 0 Å². The molecule has 1 aliphatic rings. The number of nitrogens with zero attached hydrogens (tertiary/aromatic N) is 1. The van der Waals surface area contributed by atoms with Crippen molar-refractivity contribution < 1.29 is 9.59 Å². The fraction of sp³-hybridized carbons (Fsp3) is 0.0909. The van der Waals surface area contributed by atoms with Crippen molar-refractivity contribution in [3.63, 3.8) is 0 Å². The molecular weight excluding hydrogens is 293 g/mol. The number of carbonyl (C=O) groups excluding carboxylic acids is 2. The van der Waals surface area contributed by atoms with E-state index in [2.05, 4.69) is 15.9 Å². The average molecular weight is 301 g/mol. The van der Waals surface area contributed by atoms with E-state index in [1.807, 2.05) is 0 Å². The van der Waals surface area contributed by atoms with Crippen LogP contribution >= 0.6 is 27.5 Å². The van der Waals surface area contributed by atoms with Crippen molar-refractivity contribution in [3.05, 3.63) is 39.8 Å². The summed E-state index contributed by atoms with van der Waals surface area (Å²) in [5.74, 6) is -0.978. The number of ketones is 1. The summed E-state index contributed by atoms with van der Waals surface area (Å²) in [4.78, 5) is 24.7. The summed E-state index contributed by atoms with van der Waals surface area (Å²) >= 11 is 8.72. The Labute approximate surface area is 106 Å². The lowest BCUT2D eigenvalue weighted by molar-refractivity contribution is -0.114. The van der Waals surface area contributed by atoms with Crippen molar-refractivity contribution >= 4 is 44.9 Å². The van der Waals surface area contributed by atoms with Crippen molar-refractivity contribution in [2.24, 2.45) is 0 Å². The first kappa shape index (κ1) is 11.4. The lowest BCUT2D eigenvalue weighted by Gasteiger charge is -2.13. The van der Waals surface area contributed by atoms with Gasteiger partial charge in [-0.05, 0) is 18.2 Å². The minimum absolute atomic E-state index is 0.303. The Morgan fingerprint density at radius 2 is 2.12 bits per heavy atom. The summed E-state index contributed by atoms with van der Waals surface area (Å²) < 4.78 is 0.827. The number of fused-ring (bicyclic) bond motifs is 1. The molecule has 5 heteroatoms. The van der Waals surface area contributed by atoms with E-state index < -0.39 is 11.7 Å². The quantitative estimate of drug-likeness (QED) is 0.788. The van der Waals surface area contributed by atoms with Gasteiger partial charge < -0.3 is 4.90 Å². The van der Waals surface area contributed by atoms with Crippen molar-refractivity contribution in [1.29, 1.82) is 0 Å². The number of amides is 1. The van der Waals surface area contributed by atoms with E-state index in [4.69, 9.17) is 11.6 Å². The number of hydrogen-bond donors (Lipinski definition) is 0. The second kappa shape index (κ2) is 4.39. The first-order valence-electron chi connectivity index (χ1n) is 4.56. The molecule has 0 spiro atoms. The van der Waals surface area contributed by atoms with Gasteiger partial charge in [0.1, 0.15) is 0 Å². The van der Waals surface area contributed by atoms with Gasteiger partial charge in [0.2, 0.25) is 0 Å². The maximum absolute atomic E-state index is 11.7. The molecule has 3 nitrogen and oxygen atoms in total. The Balaban J connectivity index is 2.47. The molecule has 0 unspecified atom stereocenters. The van der Waals surface area contributed by atoms with Gasteiger partial charge in [0, 0.05) is 16.6 Å². The molecule has 0 aromatic heterocycles. The van der Waals surface area contributed by atoms with Crippen LogP contribution in [0.15, 0.2) is 34.3 Å². The standard InChI is InChI=1S/C11H7BrClNO2/c12-7-2-3-8-9(6-7)14(5-1-4-13)11(16)10(8)15/h1-4,6H,5H2/b4-1+. The van der Waals surface area contributed by atoms with Gasteiger partial charge in [0.15, 0.2) is 0 Å². The van der Waals surface area contributed by atoms with Gasteiger partial charge in [0.05, 0.1) is 11.3 Å². The number of benzene rings is 1. The predicted octanol–water partition coefficient (Wildman–Crippen LogP) is 2.73. The summed E-state index contributed by atoms with van der Waals surface area (Å²) in [5, 5.41) is 0. The number of Topliss-reactive ketones (excluding diaryl/α,β-unsaturated/α-hetero) is 1. The molecule has 82 valence electrons. The predicted molar refractivity (Wildman–Crippen MR) is 65.8 cm³/mol. The van der Waals surface area contributed by atoms with Crippen LogP contribution in [0.4, 0.5) is 5.69 Å². The molecule has 0 saturated carbocycles. The lowest BCUT2D eigenvalue weighted by Crippen LogP contribution is -2.29. The third kappa shape index (κ3) is 1.79. The number of anilines is 1. The van der Waals surface area contributed by atoms with Crippen molar-refractivity contribution in [3.8, 4) is 0 Å². The zero-order valence-corrected chi connectivity index (χ0v) is 10.5. The highest BCUT2D eigenvalue weighted by Crippen LogP contribution is 2.31. The molecule has 1 aromatic carbocycles. The fourth-order valence-electron chi connectivity index (χ4n) is 1.59. The first-order chi connectivity index (χ1) is 7.65. The summed E-state index contributed by atoms with van der Waals surface area (Å²) in [6.07, 6.45) is 1.61. The Morgan fingerprint density at radius 3 is 2.81 bits per heavy atom. The van der Waals surface area contributed by atoms with E-state index in [0.717, 1.165) is 4.47 Å². The van der Waals surface area contributed by atoms with Gasteiger partial charge in [-0.3, -0.25) is 9.59 Å². The largest absolute Gasteiger partial charge is 0.301 e. The van der Waals surface area contributed by atoms with E-state index in [1.165, 1.54) is 10.4 Å². The fourth-order valence-corrected chi connectivity index (χ4v) is 2.02. The van der Waals surface area contributed by atoms with Crippen LogP contribution < -0.4 is 4.90 Å². The topological polar surface area (TPSA) is 37.4 Å². The highest BCUT2D eigenvalue weighted by atomic mass is 79.9. The van der Waals surface area contributed by atoms with Gasteiger partial charge >= 0.3 is 0 Å². The van der Waals surface area contributed by atoms with Crippen molar-refractivity contribution in [2.45, 2.75) is 0 Å². The highest BCUT2D eigenvalue weighted by Gasteiger charge is 2.34. The van der Waals surface area contributed by atoms with E-state index >= 15 is 0 Å². The first-order valence-corrected chi connectivity index (χ1v) is 5.79. The summed E-state index contributed by atoms with van der Waals surface area (Å²) in [6, 6.07) is 5.13. The zero-order valence-electron chi connectivity index (χ0n) is 8.11. The molecule has 0 bridgehead atoms. The molecule has 2 rings (SSSR count). The van der Waals surface area contributed by atoms with Gasteiger partial charge in [-0.25, -0.2) is 0 Å². The molecule has 0 fully saturated rings. The highest BCUT2D eigenvalue weighted by molar-refractivity contribution is 9.10. The second-order valence-corrected chi connectivity index (χ2v) is 4.44. The maximum atomic E-state index is 11.7. The molecule has 0 saturated heterocycles. The number of carbonyl (C=O) groups is 2. The Kier molecular flexibility index (Phi) is 3.12. The molecule has 1 aromatic rings. The monoisotopic (exact) mass is 299 g/mol. The molecule has 0 atom stereocenters. The third-order valence-corrected chi connectivity index (χ3v) is 2.98. The zero-order chi connectivity index (χ0) is 11.7. The van der Waals surface area contributed by atoms with E-state index in [0.29, 0.717) is 17.8 Å². The molecule has 1 aliphatic heterocycles. The molecular formula is C11H7BrClNO2. The summed E-state index contributed by atoms with van der Waals surface area (Å²) in [6.45, 7) is 0.303. The van der Waals surface area contributed by atoms with Crippen LogP contribution in [0.3, 0.4) is 0 Å². The number of hydrogen-bond acceptors (Lipinski definition) is 2. The number of halogens is 2. The summed E-state index contributed by atoms with van der Waals surface area (Å²) in [7, 11) is 0. The van der Waals surface area contributed by atoms with Crippen LogP contribution in [0, 0.1) is 0 Å². The van der Waals surface area contributed by atoms with Crippen LogP contribution in [-0.4, -0.2) is 18.2 Å². The molecule has 1 heterocycles. The van der Waals surface area contributed by atoms with Crippen LogP contribution in [0.25, 0.3) is 0 Å². The molecule has 16 heavy (non-hydrogen) atoms. The smallest absolute Gasteiger partial charge is 0.299 e. The number of rotatable bonds is 2. The molecule has 0 N–H and O–H groups in total. The Hall–Kier alpha value is -1.13. The van der Waals surface area contributed by atoms with Crippen molar-refractivity contribution in [2.75, 3.05) is 11.4 Å². The molecule has 0 radical (unpaired) electrons. The van der Waals surface area contributed by atoms with Gasteiger partial charge in [-0.2, -0.15) is 0 Å². The Bertz CT molecular complexity index is 499. The molecule has 0 aliphatic carbocycles.